The lowest BCUT2D eigenvalue weighted by Crippen LogP contribution is -2.09. The number of aryl methyl sites for hydroxylation is 1. The van der Waals surface area contributed by atoms with Crippen molar-refractivity contribution in [1.82, 2.24) is 0 Å². The number of rotatable bonds is 4. The molecule has 0 fully saturated rings. The van der Waals surface area contributed by atoms with Gasteiger partial charge in [0.2, 0.25) is 0 Å². The van der Waals surface area contributed by atoms with Gasteiger partial charge < -0.3 is 10.5 Å². The van der Waals surface area contributed by atoms with E-state index in [0.29, 0.717) is 12.2 Å². The van der Waals surface area contributed by atoms with Crippen LogP contribution in [0.2, 0.25) is 0 Å². The maximum absolute atomic E-state index is 13.3. The number of benzene rings is 1. The summed E-state index contributed by atoms with van der Waals surface area (Å²) in [4.78, 5) is 0. The number of alkyl halides is 1. The molecule has 2 N–H and O–H groups in total. The van der Waals surface area contributed by atoms with Gasteiger partial charge in [-0.2, -0.15) is 0 Å². The molecule has 1 rings (SSSR count). The summed E-state index contributed by atoms with van der Waals surface area (Å²) in [5, 5.41) is 0. The molecule has 0 aliphatic rings. The second-order valence-electron chi connectivity index (χ2n) is 3.15. The van der Waals surface area contributed by atoms with E-state index in [1.165, 1.54) is 0 Å². The highest BCUT2D eigenvalue weighted by molar-refractivity contribution is 5.36. The summed E-state index contributed by atoms with van der Waals surface area (Å²) in [7, 11) is 0. The summed E-state index contributed by atoms with van der Waals surface area (Å²) < 4.78 is 18.6. The molecule has 1 unspecified atom stereocenters. The molecule has 0 saturated carbocycles. The first-order chi connectivity index (χ1) is 6.69. The quantitative estimate of drug-likeness (QED) is 0.804. The Labute approximate surface area is 83.9 Å². The molecular weight excluding hydrogens is 181 g/mol. The zero-order valence-corrected chi connectivity index (χ0v) is 8.59. The van der Waals surface area contributed by atoms with Crippen LogP contribution in [0.1, 0.15) is 24.2 Å². The predicted molar refractivity (Wildman–Crippen MR) is 55.3 cm³/mol. The van der Waals surface area contributed by atoms with Crippen molar-refractivity contribution in [3.63, 3.8) is 0 Å². The van der Waals surface area contributed by atoms with Crippen LogP contribution in [0.15, 0.2) is 18.2 Å². The zero-order chi connectivity index (χ0) is 10.6. The number of nitrogens with two attached hydrogens (primary N) is 1. The average Bonchev–Trinajstić information content (AvgIpc) is 2.17. The van der Waals surface area contributed by atoms with Gasteiger partial charge in [-0.1, -0.05) is 6.07 Å². The van der Waals surface area contributed by atoms with Gasteiger partial charge in [-0.15, -0.1) is 0 Å². The molecule has 0 heterocycles. The molecule has 0 aliphatic heterocycles. The maximum atomic E-state index is 13.3. The molecule has 1 aromatic carbocycles. The second-order valence-corrected chi connectivity index (χ2v) is 3.15. The molecule has 0 aromatic heterocycles. The van der Waals surface area contributed by atoms with E-state index in [4.69, 9.17) is 10.5 Å². The predicted octanol–water partition coefficient (Wildman–Crippen LogP) is 2.36. The van der Waals surface area contributed by atoms with Crippen molar-refractivity contribution >= 4 is 0 Å². The van der Waals surface area contributed by atoms with Gasteiger partial charge in [0.15, 0.2) is 0 Å². The number of hydrogen-bond donors (Lipinski definition) is 1. The van der Waals surface area contributed by atoms with E-state index in [9.17, 15) is 4.39 Å². The van der Waals surface area contributed by atoms with Gasteiger partial charge in [0.1, 0.15) is 11.9 Å². The first kappa shape index (κ1) is 11.0. The fourth-order valence-electron chi connectivity index (χ4n) is 1.38. The Morgan fingerprint density at radius 2 is 2.21 bits per heavy atom. The van der Waals surface area contributed by atoms with Gasteiger partial charge in [-0.05, 0) is 37.1 Å². The molecule has 1 atom stereocenters. The monoisotopic (exact) mass is 197 g/mol. The van der Waals surface area contributed by atoms with Crippen LogP contribution in [0.25, 0.3) is 0 Å². The Morgan fingerprint density at radius 3 is 2.71 bits per heavy atom. The number of ether oxygens (including phenoxy) is 1. The van der Waals surface area contributed by atoms with Gasteiger partial charge in [-0.3, -0.25) is 0 Å². The molecule has 3 heteroatoms. The third-order valence-corrected chi connectivity index (χ3v) is 2.10. The first-order valence-corrected chi connectivity index (χ1v) is 4.76. The molecule has 1 aromatic rings. The Hall–Kier alpha value is -1.09. The minimum absolute atomic E-state index is 0.0226. The Kier molecular flexibility index (Phi) is 3.89. The summed E-state index contributed by atoms with van der Waals surface area (Å²) >= 11 is 0. The van der Waals surface area contributed by atoms with Crippen molar-refractivity contribution in [2.24, 2.45) is 5.73 Å². The summed E-state index contributed by atoms with van der Waals surface area (Å²) in [6.45, 7) is 4.42. The van der Waals surface area contributed by atoms with Crippen molar-refractivity contribution in [3.8, 4) is 5.75 Å². The van der Waals surface area contributed by atoms with Crippen LogP contribution in [0.3, 0.4) is 0 Å². The van der Waals surface area contributed by atoms with Crippen LogP contribution in [0.5, 0.6) is 5.75 Å². The molecule has 14 heavy (non-hydrogen) atoms. The van der Waals surface area contributed by atoms with Crippen molar-refractivity contribution in [2.45, 2.75) is 20.0 Å². The fourth-order valence-corrected chi connectivity index (χ4v) is 1.38. The van der Waals surface area contributed by atoms with Crippen molar-refractivity contribution < 1.29 is 9.13 Å². The highest BCUT2D eigenvalue weighted by atomic mass is 19.1. The molecule has 2 nitrogen and oxygen atoms in total. The molecular formula is C11H16FNO. The average molecular weight is 197 g/mol. The SMILES string of the molecule is CCOc1ccc(C(F)CN)c(C)c1. The van der Waals surface area contributed by atoms with E-state index < -0.39 is 6.17 Å². The topological polar surface area (TPSA) is 35.2 Å². The van der Waals surface area contributed by atoms with Crippen LogP contribution >= 0.6 is 0 Å². The van der Waals surface area contributed by atoms with Gasteiger partial charge in [0.25, 0.3) is 0 Å². The van der Waals surface area contributed by atoms with E-state index in [-0.39, 0.29) is 6.54 Å². The summed E-state index contributed by atoms with van der Waals surface area (Å²) in [5.74, 6) is 0.776. The lowest BCUT2D eigenvalue weighted by molar-refractivity contribution is 0.336. The van der Waals surface area contributed by atoms with Gasteiger partial charge in [0, 0.05) is 6.54 Å². The zero-order valence-electron chi connectivity index (χ0n) is 8.59. The fraction of sp³-hybridized carbons (Fsp3) is 0.455. The summed E-state index contributed by atoms with van der Waals surface area (Å²) in [6.07, 6.45) is -1.08. The minimum Gasteiger partial charge on any atom is -0.494 e. The molecule has 0 bridgehead atoms. The van der Waals surface area contributed by atoms with Crippen LogP contribution in [-0.4, -0.2) is 13.2 Å². The summed E-state index contributed by atoms with van der Waals surface area (Å²) in [6, 6.07) is 5.34. The highest BCUT2D eigenvalue weighted by Crippen LogP contribution is 2.24. The van der Waals surface area contributed by atoms with E-state index in [1.807, 2.05) is 19.9 Å². The van der Waals surface area contributed by atoms with Crippen LogP contribution in [0.4, 0.5) is 4.39 Å². The van der Waals surface area contributed by atoms with E-state index >= 15 is 0 Å². The number of halogens is 1. The van der Waals surface area contributed by atoms with Gasteiger partial charge >= 0.3 is 0 Å². The molecule has 78 valence electrons. The molecule has 0 radical (unpaired) electrons. The largest absolute Gasteiger partial charge is 0.494 e. The molecule has 0 spiro atoms. The van der Waals surface area contributed by atoms with Crippen molar-refractivity contribution in [2.75, 3.05) is 13.2 Å². The molecule has 0 saturated heterocycles. The lowest BCUT2D eigenvalue weighted by atomic mass is 10.0. The summed E-state index contributed by atoms with van der Waals surface area (Å²) in [5.41, 5.74) is 6.80. The van der Waals surface area contributed by atoms with Crippen molar-refractivity contribution in [3.05, 3.63) is 29.3 Å². The first-order valence-electron chi connectivity index (χ1n) is 4.76. The normalized spacial score (nSPS) is 12.6. The number of hydrogen-bond acceptors (Lipinski definition) is 2. The van der Waals surface area contributed by atoms with Crippen LogP contribution in [-0.2, 0) is 0 Å². The van der Waals surface area contributed by atoms with Crippen LogP contribution < -0.4 is 10.5 Å². The van der Waals surface area contributed by atoms with E-state index in [0.717, 1.165) is 11.3 Å². The molecule has 0 aliphatic carbocycles. The van der Waals surface area contributed by atoms with Crippen molar-refractivity contribution in [1.29, 1.82) is 0 Å². The van der Waals surface area contributed by atoms with Gasteiger partial charge in [0.05, 0.1) is 6.61 Å². The highest BCUT2D eigenvalue weighted by Gasteiger charge is 2.10. The smallest absolute Gasteiger partial charge is 0.138 e. The minimum atomic E-state index is -1.08. The standard InChI is InChI=1S/C11H16FNO/c1-3-14-9-4-5-10(8(2)6-9)11(12)7-13/h4-6,11H,3,7,13H2,1-2H3. The van der Waals surface area contributed by atoms with E-state index in [1.54, 1.807) is 12.1 Å². The lowest BCUT2D eigenvalue weighted by Gasteiger charge is -2.11. The second kappa shape index (κ2) is 4.96. The Morgan fingerprint density at radius 1 is 1.50 bits per heavy atom. The van der Waals surface area contributed by atoms with Gasteiger partial charge in [-0.25, -0.2) is 4.39 Å². The van der Waals surface area contributed by atoms with E-state index in [2.05, 4.69) is 0 Å². The third kappa shape index (κ3) is 2.45. The molecule has 0 amide bonds. The van der Waals surface area contributed by atoms with Crippen LogP contribution in [0, 0.1) is 6.92 Å². The third-order valence-electron chi connectivity index (χ3n) is 2.10. The maximum Gasteiger partial charge on any atom is 0.138 e. The Balaban J connectivity index is 2.89. The Bertz CT molecular complexity index is 301.